The molecule has 1 aromatic carbocycles. The van der Waals surface area contributed by atoms with Gasteiger partial charge in [0.2, 0.25) is 5.91 Å². The Kier molecular flexibility index (Phi) is 3.91. The number of nitrogens with one attached hydrogen (secondary N) is 1. The first-order chi connectivity index (χ1) is 9.17. The number of methoxy groups -OCH3 is 1. The molecule has 1 aliphatic carbocycles. The van der Waals surface area contributed by atoms with Crippen LogP contribution >= 0.6 is 0 Å². The first-order valence-electron chi connectivity index (χ1n) is 6.24. The zero-order valence-electron chi connectivity index (χ0n) is 11.1. The van der Waals surface area contributed by atoms with Crippen molar-refractivity contribution in [2.75, 3.05) is 26.0 Å². The summed E-state index contributed by atoms with van der Waals surface area (Å²) in [7, 11) is 3.36. The summed E-state index contributed by atoms with van der Waals surface area (Å²) >= 11 is 0. The Bertz CT molecular complexity index is 518. The number of ether oxygens (including phenoxy) is 1. The maximum Gasteiger partial charge on any atom is 0.241 e. The lowest BCUT2D eigenvalue weighted by molar-refractivity contribution is -0.128. The van der Waals surface area contributed by atoms with E-state index in [1.807, 2.05) is 7.05 Å². The van der Waals surface area contributed by atoms with Crippen molar-refractivity contribution in [3.63, 3.8) is 0 Å². The molecule has 1 N–H and O–H groups in total. The smallest absolute Gasteiger partial charge is 0.241 e. The van der Waals surface area contributed by atoms with E-state index in [4.69, 9.17) is 10.00 Å². The highest BCUT2D eigenvalue weighted by Gasteiger charge is 2.29. The molecule has 1 aliphatic rings. The van der Waals surface area contributed by atoms with Crippen molar-refractivity contribution in [3.8, 4) is 11.8 Å². The van der Waals surface area contributed by atoms with Gasteiger partial charge in [0, 0.05) is 13.1 Å². The van der Waals surface area contributed by atoms with Crippen LogP contribution in [0.3, 0.4) is 0 Å². The lowest BCUT2D eigenvalue weighted by Gasteiger charge is -2.18. The molecule has 2 rings (SSSR count). The number of nitrogens with zero attached hydrogens (tertiary/aromatic N) is 2. The molecule has 100 valence electrons. The summed E-state index contributed by atoms with van der Waals surface area (Å²) in [5.41, 5.74) is 1.05. The van der Waals surface area contributed by atoms with E-state index in [0.29, 0.717) is 23.0 Å². The molecule has 5 nitrogen and oxygen atoms in total. The largest absolute Gasteiger partial charge is 0.495 e. The molecule has 0 unspecified atom stereocenters. The zero-order valence-corrected chi connectivity index (χ0v) is 11.1. The molecule has 0 radical (unpaired) electrons. The predicted molar refractivity (Wildman–Crippen MR) is 72.0 cm³/mol. The third-order valence-electron chi connectivity index (χ3n) is 3.27. The van der Waals surface area contributed by atoms with Gasteiger partial charge in [-0.3, -0.25) is 4.79 Å². The van der Waals surface area contributed by atoms with Crippen LogP contribution in [0.1, 0.15) is 18.4 Å². The van der Waals surface area contributed by atoms with Crippen molar-refractivity contribution in [2.24, 2.45) is 0 Å². The lowest BCUT2D eigenvalue weighted by atomic mass is 10.2. The quantitative estimate of drug-likeness (QED) is 0.872. The fraction of sp³-hybridized carbons (Fsp3) is 0.429. The Morgan fingerprint density at radius 1 is 1.58 bits per heavy atom. The summed E-state index contributed by atoms with van der Waals surface area (Å²) in [6.07, 6.45) is 2.17. The van der Waals surface area contributed by atoms with Gasteiger partial charge in [0.25, 0.3) is 0 Å². The van der Waals surface area contributed by atoms with Crippen LogP contribution in [-0.2, 0) is 4.79 Å². The van der Waals surface area contributed by atoms with Crippen LogP contribution in [-0.4, -0.2) is 37.6 Å². The number of likely N-dealkylation sites (N-methyl/N-ethyl adjacent to an activating group) is 1. The molecule has 1 aromatic rings. The van der Waals surface area contributed by atoms with Gasteiger partial charge in [-0.2, -0.15) is 5.26 Å². The summed E-state index contributed by atoms with van der Waals surface area (Å²) < 4.78 is 5.20. The third-order valence-corrected chi connectivity index (χ3v) is 3.27. The number of hydrogen-bond donors (Lipinski definition) is 1. The predicted octanol–water partition coefficient (Wildman–Crippen LogP) is 1.60. The van der Waals surface area contributed by atoms with Gasteiger partial charge in [-0.05, 0) is 25.0 Å². The summed E-state index contributed by atoms with van der Waals surface area (Å²) in [4.78, 5) is 13.7. The highest BCUT2D eigenvalue weighted by atomic mass is 16.5. The SMILES string of the molecule is COc1cccc(C#N)c1NCC(=O)N(C)C1CC1. The molecular weight excluding hydrogens is 242 g/mol. The van der Waals surface area contributed by atoms with Crippen LogP contribution in [0, 0.1) is 11.3 Å². The van der Waals surface area contributed by atoms with Crippen LogP contribution in [0.2, 0.25) is 0 Å². The minimum atomic E-state index is 0.0253. The van der Waals surface area contributed by atoms with E-state index in [9.17, 15) is 4.79 Å². The molecule has 19 heavy (non-hydrogen) atoms. The molecule has 5 heteroatoms. The molecule has 1 saturated carbocycles. The van der Waals surface area contributed by atoms with E-state index < -0.39 is 0 Å². The van der Waals surface area contributed by atoms with Crippen molar-refractivity contribution in [1.82, 2.24) is 4.90 Å². The van der Waals surface area contributed by atoms with Gasteiger partial charge in [0.1, 0.15) is 11.8 Å². The topological polar surface area (TPSA) is 65.4 Å². The van der Waals surface area contributed by atoms with Crippen LogP contribution in [0.15, 0.2) is 18.2 Å². The second-order valence-electron chi connectivity index (χ2n) is 4.58. The Hall–Kier alpha value is -2.22. The Morgan fingerprint density at radius 3 is 2.89 bits per heavy atom. The Morgan fingerprint density at radius 2 is 2.32 bits per heavy atom. The fourth-order valence-corrected chi connectivity index (χ4v) is 1.93. The molecule has 0 bridgehead atoms. The molecular formula is C14H17N3O2. The van der Waals surface area contributed by atoms with E-state index >= 15 is 0 Å². The Labute approximate surface area is 112 Å². The second kappa shape index (κ2) is 5.61. The summed E-state index contributed by atoms with van der Waals surface area (Å²) in [5, 5.41) is 12.1. The third kappa shape index (κ3) is 2.97. The highest BCUT2D eigenvalue weighted by Crippen LogP contribution is 2.28. The van der Waals surface area contributed by atoms with Crippen molar-refractivity contribution in [3.05, 3.63) is 23.8 Å². The molecule has 0 aromatic heterocycles. The summed E-state index contributed by atoms with van der Waals surface area (Å²) in [6.45, 7) is 0.169. The van der Waals surface area contributed by atoms with Crippen molar-refractivity contribution in [1.29, 1.82) is 5.26 Å². The van der Waals surface area contributed by atoms with Gasteiger partial charge in [-0.15, -0.1) is 0 Å². The average Bonchev–Trinajstić information content (AvgIpc) is 3.27. The minimum Gasteiger partial charge on any atom is -0.495 e. The molecule has 0 saturated heterocycles. The van der Waals surface area contributed by atoms with Crippen LogP contribution < -0.4 is 10.1 Å². The molecule has 1 amide bonds. The van der Waals surface area contributed by atoms with Crippen LogP contribution in [0.25, 0.3) is 0 Å². The maximum atomic E-state index is 11.9. The molecule has 0 atom stereocenters. The highest BCUT2D eigenvalue weighted by molar-refractivity contribution is 5.82. The second-order valence-corrected chi connectivity index (χ2v) is 4.58. The molecule has 1 fully saturated rings. The van der Waals surface area contributed by atoms with E-state index in [1.165, 1.54) is 0 Å². The number of nitriles is 1. The zero-order chi connectivity index (χ0) is 13.8. The van der Waals surface area contributed by atoms with Gasteiger partial charge < -0.3 is 15.0 Å². The minimum absolute atomic E-state index is 0.0253. The van der Waals surface area contributed by atoms with Gasteiger partial charge in [-0.25, -0.2) is 0 Å². The van der Waals surface area contributed by atoms with Gasteiger partial charge >= 0.3 is 0 Å². The van der Waals surface area contributed by atoms with Crippen molar-refractivity contribution in [2.45, 2.75) is 18.9 Å². The summed E-state index contributed by atoms with van der Waals surface area (Å²) in [6, 6.07) is 7.69. The number of benzene rings is 1. The fourth-order valence-electron chi connectivity index (χ4n) is 1.93. The van der Waals surface area contributed by atoms with Crippen molar-refractivity contribution < 1.29 is 9.53 Å². The molecule has 0 aliphatic heterocycles. The van der Waals surface area contributed by atoms with Crippen molar-refractivity contribution >= 4 is 11.6 Å². The number of anilines is 1. The maximum absolute atomic E-state index is 11.9. The van der Waals surface area contributed by atoms with Crippen LogP contribution in [0.4, 0.5) is 5.69 Å². The normalized spacial score (nSPS) is 13.5. The number of hydrogen-bond acceptors (Lipinski definition) is 4. The molecule has 0 heterocycles. The number of carbonyl (C=O) groups is 1. The van der Waals surface area contributed by atoms with Gasteiger partial charge in [0.05, 0.1) is 24.9 Å². The van der Waals surface area contributed by atoms with E-state index in [2.05, 4.69) is 11.4 Å². The van der Waals surface area contributed by atoms with Gasteiger partial charge in [0.15, 0.2) is 0 Å². The number of rotatable bonds is 5. The van der Waals surface area contributed by atoms with E-state index in [1.54, 1.807) is 30.2 Å². The Balaban J connectivity index is 2.06. The van der Waals surface area contributed by atoms with Crippen LogP contribution in [0.5, 0.6) is 5.75 Å². The first-order valence-corrected chi connectivity index (χ1v) is 6.24. The average molecular weight is 259 g/mol. The first kappa shape index (κ1) is 13.2. The van der Waals surface area contributed by atoms with Gasteiger partial charge in [-0.1, -0.05) is 6.07 Å². The number of para-hydroxylation sites is 1. The lowest BCUT2D eigenvalue weighted by Crippen LogP contribution is -2.33. The van der Waals surface area contributed by atoms with E-state index in [0.717, 1.165) is 12.8 Å². The molecule has 0 spiro atoms. The number of carbonyl (C=O) groups excluding carboxylic acids is 1. The van der Waals surface area contributed by atoms with E-state index in [-0.39, 0.29) is 12.5 Å². The standard InChI is InChI=1S/C14H17N3O2/c1-17(11-6-7-11)13(18)9-16-14-10(8-15)4-3-5-12(14)19-2/h3-5,11,16H,6-7,9H2,1-2H3. The summed E-state index contributed by atoms with van der Waals surface area (Å²) in [5.74, 6) is 0.596. The number of amides is 1. The monoisotopic (exact) mass is 259 g/mol.